The fraction of sp³-hybridized carbons (Fsp3) is 0.0417. The van der Waals surface area contributed by atoms with E-state index >= 15 is 0 Å². The lowest BCUT2D eigenvalue weighted by molar-refractivity contribution is -0.108. The van der Waals surface area contributed by atoms with Gasteiger partial charge in [0.25, 0.3) is 32.1 Å². The summed E-state index contributed by atoms with van der Waals surface area (Å²) >= 11 is 0. The number of hydrazine groups is 1. The minimum absolute atomic E-state index is 0.000534. The molecule has 0 fully saturated rings. The maximum Gasteiger partial charge on any atom is 0.296 e. The maximum absolute atomic E-state index is 13.5. The Morgan fingerprint density at radius 1 is 0.526 bits per heavy atom. The summed E-state index contributed by atoms with van der Waals surface area (Å²) in [4.78, 5) is 63.3. The number of Topliss-reactive ketones (excluding diaryl/α,β-unsaturated/α-hetero) is 2. The molecule has 388 valence electrons. The first-order chi connectivity index (χ1) is 35.6. The van der Waals surface area contributed by atoms with Crippen molar-refractivity contribution in [3.8, 4) is 5.75 Å². The first-order valence-corrected chi connectivity index (χ1v) is 28.1. The van der Waals surface area contributed by atoms with Crippen molar-refractivity contribution in [3.05, 3.63) is 169 Å². The molecule has 8 N–H and O–H groups in total. The molecule has 24 nitrogen and oxygen atoms in total. The number of phenolic OH excluding ortho intramolecular Hbond substituents is 1. The predicted molar refractivity (Wildman–Crippen MR) is 281 cm³/mol. The van der Waals surface area contributed by atoms with E-state index in [1.165, 1.54) is 60.7 Å². The molecule has 0 atom stereocenters. The van der Waals surface area contributed by atoms with Crippen LogP contribution in [-0.4, -0.2) is 107 Å². The number of nitrogens with one attached hydrogen (secondary N) is 5. The van der Waals surface area contributed by atoms with E-state index in [1.807, 2.05) is 0 Å². The van der Waals surface area contributed by atoms with Crippen molar-refractivity contribution < 1.29 is 71.9 Å². The number of nitrogens with zero attached hydrogens (tertiary/aromatic N) is 3. The van der Waals surface area contributed by atoms with Crippen molar-refractivity contribution in [3.63, 3.8) is 0 Å². The van der Waals surface area contributed by atoms with Crippen molar-refractivity contribution >= 4 is 127 Å². The Hall–Kier alpha value is -9.06. The number of allylic oxidation sites excluding steroid dienone is 5. The number of hydrazone groups is 1. The molecule has 0 heterocycles. The van der Waals surface area contributed by atoms with Gasteiger partial charge in [-0.15, -0.1) is 10.2 Å². The van der Waals surface area contributed by atoms with Gasteiger partial charge in [0.2, 0.25) is 17.3 Å². The average Bonchev–Trinajstić information content (AvgIpc) is 3.36. The molecular weight excluding hydrogens is 1070 g/mol. The van der Waals surface area contributed by atoms with E-state index in [2.05, 4.69) is 42.2 Å². The Kier molecular flexibility index (Phi) is 14.2. The Labute approximate surface area is 431 Å². The fourth-order valence-electron chi connectivity index (χ4n) is 7.25. The number of phenols is 1. The van der Waals surface area contributed by atoms with Gasteiger partial charge in [0.05, 0.1) is 26.9 Å². The van der Waals surface area contributed by atoms with E-state index in [1.54, 1.807) is 24.3 Å². The third-order valence-electron chi connectivity index (χ3n) is 11.1. The highest BCUT2D eigenvalue weighted by Crippen LogP contribution is 2.32. The van der Waals surface area contributed by atoms with Crippen molar-refractivity contribution in [2.24, 2.45) is 15.3 Å². The molecule has 8 rings (SSSR count). The van der Waals surface area contributed by atoms with Crippen LogP contribution in [0.4, 0.5) is 28.4 Å². The van der Waals surface area contributed by atoms with E-state index < -0.39 is 102 Å². The fourth-order valence-corrected chi connectivity index (χ4v) is 9.85. The van der Waals surface area contributed by atoms with Crippen molar-refractivity contribution in [2.75, 3.05) is 39.4 Å². The van der Waals surface area contributed by atoms with E-state index in [4.69, 9.17) is 0 Å². The zero-order valence-electron chi connectivity index (χ0n) is 38.8. The maximum atomic E-state index is 13.5. The summed E-state index contributed by atoms with van der Waals surface area (Å²) in [7, 11) is -17.7. The molecule has 0 spiro atoms. The second-order valence-corrected chi connectivity index (χ2v) is 23.3. The van der Waals surface area contributed by atoms with Gasteiger partial charge >= 0.3 is 0 Å². The number of anilines is 5. The number of hydrogen-bond acceptors (Lipinski definition) is 20. The average molecular weight is 1110 g/mol. The highest BCUT2D eigenvalue weighted by atomic mass is 32.2. The van der Waals surface area contributed by atoms with E-state index in [0.717, 1.165) is 61.1 Å². The van der Waals surface area contributed by atoms with Crippen LogP contribution in [0.3, 0.4) is 0 Å². The molecule has 0 saturated heterocycles. The summed E-state index contributed by atoms with van der Waals surface area (Å²) in [5, 5.41) is 26.5. The monoisotopic (exact) mass is 1110 g/mol. The number of fused-ring (bicyclic) bond motifs is 2. The summed E-state index contributed by atoms with van der Waals surface area (Å²) < 4.78 is 117. The van der Waals surface area contributed by atoms with Crippen molar-refractivity contribution in [1.29, 1.82) is 0 Å². The molecule has 5 aromatic rings. The Balaban J connectivity index is 0.883. The normalized spacial score (nSPS) is 16.3. The molecular formula is C48H36N8O16S4. The van der Waals surface area contributed by atoms with Crippen LogP contribution in [0.15, 0.2) is 156 Å². The molecule has 0 saturated carbocycles. The zero-order valence-corrected chi connectivity index (χ0v) is 42.1. The number of rotatable bonds is 14. The van der Waals surface area contributed by atoms with Crippen molar-refractivity contribution in [1.82, 2.24) is 0 Å². The van der Waals surface area contributed by atoms with E-state index in [9.17, 15) is 71.9 Å². The number of benzene rings is 5. The van der Waals surface area contributed by atoms with Crippen LogP contribution >= 0.6 is 0 Å². The van der Waals surface area contributed by atoms with E-state index in [0.29, 0.717) is 11.4 Å². The van der Waals surface area contributed by atoms with Crippen molar-refractivity contribution in [2.45, 2.75) is 4.90 Å². The van der Waals surface area contributed by atoms with Gasteiger partial charge in [0.15, 0.2) is 31.1 Å². The molecule has 0 aliphatic heterocycles. The Morgan fingerprint density at radius 2 is 1.00 bits per heavy atom. The van der Waals surface area contributed by atoms with Crippen LogP contribution in [0.1, 0.15) is 52.6 Å². The summed E-state index contributed by atoms with van der Waals surface area (Å²) in [5.41, 5.74) is 7.21. The van der Waals surface area contributed by atoms with Gasteiger partial charge in [-0.25, -0.2) is 16.8 Å². The molecule has 0 aromatic heterocycles. The number of carbonyl (C=O) groups excluding carboxylic acids is 5. The number of amides is 2. The quantitative estimate of drug-likeness (QED) is 0.0316. The van der Waals surface area contributed by atoms with Crippen LogP contribution in [-0.2, 0) is 44.7 Å². The van der Waals surface area contributed by atoms with Gasteiger partial charge in [0.1, 0.15) is 21.3 Å². The predicted octanol–water partition coefficient (Wildman–Crippen LogP) is 4.92. The molecule has 0 unspecified atom stereocenters. The number of aromatic hydroxyl groups is 1. The summed E-state index contributed by atoms with van der Waals surface area (Å²) in [6, 6.07) is 23.2. The number of sulfone groups is 2. The smallest absolute Gasteiger partial charge is 0.296 e. The highest BCUT2D eigenvalue weighted by Gasteiger charge is 2.35. The Morgan fingerprint density at radius 3 is 1.47 bits per heavy atom. The minimum atomic E-state index is -5.12. The first-order valence-electron chi connectivity index (χ1n) is 21.4. The summed E-state index contributed by atoms with van der Waals surface area (Å²) in [6.45, 7) is 0. The molecule has 0 radical (unpaired) electrons. The standard InChI is InChI=1S/C48H36N8O16S4/c1-73(63,64)33-13-17-39(57)37(23-33)53-55-43-41(75(67,68)69)21-27-19-31(11-15-35(27)45(43)59)49-47(61)25-3-7-29(8-4-25)51-52-30-9-5-26(6-10-30)48(62)50-32-12-16-36-28(20-32)22-42(76(70,71)72)44(46(36)60)56-54-38-24-34(74(2,65)66)14-18-40(38)58/h3-24,51-53,57H,1-2H3,(H,49,61)(H,50,62)(H,67,68,69)(H,70,71,72)/b54-38-,55-43-,56-44-. The largest absolute Gasteiger partial charge is 0.506 e. The molecule has 5 aromatic carbocycles. The SMILES string of the molecule is CS(=O)(=O)C1=C/C(=N/N=C2\C(=O)c3ccc(NC(=O)c4ccc(NNc5ccc(C(=O)Nc6ccc7c(c6)C=C(S(=O)(=O)O)/C(=N/Nc6cc(S(C)(=O)=O)ccc6O)C7=O)cc5)cc4)cc3C=C2S(=O)(=O)O)C(=O)C=C1. The van der Waals surface area contributed by atoms with Gasteiger partial charge in [-0.1, -0.05) is 0 Å². The summed E-state index contributed by atoms with van der Waals surface area (Å²) in [6.07, 6.45) is 6.52. The second kappa shape index (κ2) is 20.3. The molecule has 28 heteroatoms. The van der Waals surface area contributed by atoms with Gasteiger partial charge < -0.3 is 26.6 Å². The molecule has 3 aliphatic carbocycles. The first kappa shape index (κ1) is 53.2. The van der Waals surface area contributed by atoms with E-state index in [-0.39, 0.29) is 60.2 Å². The number of ketones is 3. The highest BCUT2D eigenvalue weighted by molar-refractivity contribution is 7.94. The molecule has 76 heavy (non-hydrogen) atoms. The third kappa shape index (κ3) is 11.8. The van der Waals surface area contributed by atoms with Gasteiger partial charge in [-0.2, -0.15) is 21.9 Å². The minimum Gasteiger partial charge on any atom is -0.506 e. The lowest BCUT2D eigenvalue weighted by Crippen LogP contribution is -2.27. The molecule has 2 amide bonds. The topological polar surface area (TPSA) is 380 Å². The van der Waals surface area contributed by atoms with Crippen LogP contribution < -0.4 is 26.9 Å². The van der Waals surface area contributed by atoms with Crippen LogP contribution in [0.2, 0.25) is 0 Å². The van der Waals surface area contributed by atoms with Gasteiger partial charge in [-0.3, -0.25) is 38.5 Å². The van der Waals surface area contributed by atoms with Gasteiger partial charge in [0, 0.05) is 46.1 Å². The molecule has 0 bridgehead atoms. The van der Waals surface area contributed by atoms with Crippen LogP contribution in [0, 0.1) is 0 Å². The summed E-state index contributed by atoms with van der Waals surface area (Å²) in [5.74, 6) is -4.42. The Bertz CT molecular complexity index is 4110. The lowest BCUT2D eigenvalue weighted by atomic mass is 9.94. The zero-order chi connectivity index (χ0) is 55.1. The van der Waals surface area contributed by atoms with Crippen LogP contribution in [0.5, 0.6) is 5.75 Å². The van der Waals surface area contributed by atoms with Crippen LogP contribution in [0.25, 0.3) is 12.2 Å². The third-order valence-corrected chi connectivity index (χ3v) is 15.0. The number of hydrogen-bond donors (Lipinski definition) is 8. The number of carbonyl (C=O) groups is 5. The molecule has 3 aliphatic rings. The lowest BCUT2D eigenvalue weighted by Gasteiger charge is -2.17. The van der Waals surface area contributed by atoms with Gasteiger partial charge in [-0.05, 0) is 145 Å². The second-order valence-electron chi connectivity index (χ2n) is 16.5.